The van der Waals surface area contributed by atoms with E-state index in [9.17, 15) is 22.4 Å². The van der Waals surface area contributed by atoms with E-state index in [4.69, 9.17) is 22.1 Å². The lowest BCUT2D eigenvalue weighted by Gasteiger charge is -2.36. The third-order valence-corrected chi connectivity index (χ3v) is 5.85. The number of nitrogens with two attached hydrogens (primary N) is 1. The fourth-order valence-corrected chi connectivity index (χ4v) is 3.96. The number of hydrogen-bond acceptors (Lipinski definition) is 6. The van der Waals surface area contributed by atoms with E-state index >= 15 is 0 Å². The van der Waals surface area contributed by atoms with E-state index < -0.39 is 34.5 Å². The SMILES string of the molecule is CCCOCN=C(C1=C(N)C(C)N(C(=O)c2cccc(C(F)(F)F)c2Cl)CC1)c1ncc(F)cn1. The molecule has 0 radical (unpaired) electrons. The average molecular weight is 514 g/mol. The molecule has 1 amide bonds. The van der Waals surface area contributed by atoms with Gasteiger partial charge in [-0.3, -0.25) is 9.79 Å². The van der Waals surface area contributed by atoms with Crippen LogP contribution in [0.5, 0.6) is 0 Å². The number of benzene rings is 1. The van der Waals surface area contributed by atoms with Crippen molar-refractivity contribution in [1.29, 1.82) is 0 Å². The first-order chi connectivity index (χ1) is 16.6. The number of hydrogen-bond donors (Lipinski definition) is 1. The molecule has 3 rings (SSSR count). The molecule has 0 bridgehead atoms. The molecule has 1 unspecified atom stereocenters. The molecule has 2 heterocycles. The minimum absolute atomic E-state index is 0.00242. The van der Waals surface area contributed by atoms with Gasteiger partial charge in [-0.2, -0.15) is 13.2 Å². The van der Waals surface area contributed by atoms with Gasteiger partial charge in [0, 0.05) is 24.4 Å². The van der Waals surface area contributed by atoms with Gasteiger partial charge in [-0.1, -0.05) is 24.6 Å². The number of amides is 1. The summed E-state index contributed by atoms with van der Waals surface area (Å²) in [5, 5.41) is -0.666. The van der Waals surface area contributed by atoms with Crippen LogP contribution in [0.25, 0.3) is 0 Å². The number of alkyl halides is 3. The van der Waals surface area contributed by atoms with Crippen molar-refractivity contribution in [2.75, 3.05) is 19.9 Å². The van der Waals surface area contributed by atoms with Crippen molar-refractivity contribution in [3.8, 4) is 0 Å². The van der Waals surface area contributed by atoms with Crippen LogP contribution in [0.4, 0.5) is 17.6 Å². The second-order valence-corrected chi connectivity index (χ2v) is 8.17. The van der Waals surface area contributed by atoms with Gasteiger partial charge in [0.2, 0.25) is 0 Å². The predicted octanol–water partition coefficient (Wildman–Crippen LogP) is 4.61. The van der Waals surface area contributed by atoms with Crippen LogP contribution in [0.15, 0.2) is 46.9 Å². The molecule has 1 aliphatic heterocycles. The molecule has 0 saturated carbocycles. The molecule has 1 aromatic heterocycles. The second-order valence-electron chi connectivity index (χ2n) is 7.79. The standard InChI is InChI=1S/C23H24ClF4N5O2/c1-3-9-35-12-32-20(21-30-10-14(25)11-31-21)16-7-8-33(13(2)19(16)29)22(34)15-5-4-6-17(18(15)24)23(26,27)28/h4-6,10-11,13H,3,7-9,12,29H2,1-2H3. The maximum atomic E-state index is 13.4. The predicted molar refractivity (Wildman–Crippen MR) is 122 cm³/mol. The zero-order chi connectivity index (χ0) is 25.8. The number of aliphatic imine (C=N–C) groups is 1. The van der Waals surface area contributed by atoms with E-state index in [2.05, 4.69) is 15.0 Å². The van der Waals surface area contributed by atoms with Crippen molar-refractivity contribution >= 4 is 23.2 Å². The Balaban J connectivity index is 1.94. The minimum Gasteiger partial charge on any atom is -0.400 e. The molecule has 7 nitrogen and oxygen atoms in total. The second kappa shape index (κ2) is 11.1. The Kier molecular flexibility index (Phi) is 8.44. The van der Waals surface area contributed by atoms with Crippen LogP contribution < -0.4 is 5.73 Å². The summed E-state index contributed by atoms with van der Waals surface area (Å²) in [5.74, 6) is -1.17. The van der Waals surface area contributed by atoms with Crippen molar-refractivity contribution in [2.24, 2.45) is 10.7 Å². The lowest BCUT2D eigenvalue weighted by atomic mass is 9.94. The first kappa shape index (κ1) is 26.6. The number of carbonyl (C=O) groups excluding carboxylic acids is 1. The molecule has 1 atom stereocenters. The van der Waals surface area contributed by atoms with Crippen LogP contribution in [0.2, 0.25) is 5.02 Å². The largest absolute Gasteiger partial charge is 0.417 e. The highest BCUT2D eigenvalue weighted by Gasteiger charge is 2.37. The zero-order valence-corrected chi connectivity index (χ0v) is 19.8. The van der Waals surface area contributed by atoms with Gasteiger partial charge in [0.25, 0.3) is 5.91 Å². The quantitative estimate of drug-likeness (QED) is 0.331. The third-order valence-electron chi connectivity index (χ3n) is 5.44. The van der Waals surface area contributed by atoms with Crippen molar-refractivity contribution in [2.45, 2.75) is 38.9 Å². The number of rotatable bonds is 7. The van der Waals surface area contributed by atoms with Gasteiger partial charge in [0.05, 0.1) is 34.6 Å². The van der Waals surface area contributed by atoms with Gasteiger partial charge < -0.3 is 15.4 Å². The molecule has 1 aliphatic rings. The molecular formula is C23H24ClF4N5O2. The Labute approximate surface area is 204 Å². The fraction of sp³-hybridized carbons (Fsp3) is 0.391. The normalized spacial score (nSPS) is 17.2. The van der Waals surface area contributed by atoms with E-state index in [1.807, 2.05) is 6.92 Å². The summed E-state index contributed by atoms with van der Waals surface area (Å²) in [6, 6.07) is 2.50. The lowest BCUT2D eigenvalue weighted by molar-refractivity contribution is -0.137. The van der Waals surface area contributed by atoms with Crippen LogP contribution in [0.1, 0.15) is 48.4 Å². The van der Waals surface area contributed by atoms with Gasteiger partial charge in [0.1, 0.15) is 12.4 Å². The van der Waals surface area contributed by atoms with Crippen molar-refractivity contribution in [1.82, 2.24) is 14.9 Å². The molecule has 2 N–H and O–H groups in total. The number of halogens is 5. The smallest absolute Gasteiger partial charge is 0.400 e. The first-order valence-corrected chi connectivity index (χ1v) is 11.2. The van der Waals surface area contributed by atoms with E-state index in [1.165, 1.54) is 11.0 Å². The monoisotopic (exact) mass is 513 g/mol. The Hall–Kier alpha value is -3.05. The lowest BCUT2D eigenvalue weighted by Crippen LogP contribution is -2.46. The maximum Gasteiger partial charge on any atom is 0.417 e. The molecule has 188 valence electrons. The Morgan fingerprint density at radius 2 is 2.00 bits per heavy atom. The minimum atomic E-state index is -4.70. The molecule has 0 aliphatic carbocycles. The molecule has 1 aromatic carbocycles. The molecule has 0 spiro atoms. The van der Waals surface area contributed by atoms with Gasteiger partial charge in [-0.25, -0.2) is 14.4 Å². The van der Waals surface area contributed by atoms with Gasteiger partial charge in [-0.05, 0) is 31.9 Å². The van der Waals surface area contributed by atoms with Gasteiger partial charge in [-0.15, -0.1) is 0 Å². The molecule has 12 heteroatoms. The summed E-state index contributed by atoms with van der Waals surface area (Å²) in [5.41, 5.74) is 6.13. The summed E-state index contributed by atoms with van der Waals surface area (Å²) in [4.78, 5) is 26.9. The molecular weight excluding hydrogens is 490 g/mol. The molecule has 2 aromatic rings. The van der Waals surface area contributed by atoms with Crippen molar-refractivity contribution in [3.63, 3.8) is 0 Å². The first-order valence-electron chi connectivity index (χ1n) is 10.8. The molecule has 0 fully saturated rings. The van der Waals surface area contributed by atoms with Crippen molar-refractivity contribution < 1.29 is 27.1 Å². The van der Waals surface area contributed by atoms with Crippen molar-refractivity contribution in [3.05, 3.63) is 69.7 Å². The van der Waals surface area contributed by atoms with Gasteiger partial charge >= 0.3 is 6.18 Å². The Morgan fingerprint density at radius 3 is 2.63 bits per heavy atom. The van der Waals surface area contributed by atoms with E-state index in [1.54, 1.807) is 6.92 Å². The van der Waals surface area contributed by atoms with E-state index in [-0.39, 0.29) is 36.8 Å². The highest BCUT2D eigenvalue weighted by molar-refractivity contribution is 6.34. The summed E-state index contributed by atoms with van der Waals surface area (Å²) in [6.07, 6.45) is -1.70. The van der Waals surface area contributed by atoms with Crippen LogP contribution in [-0.4, -0.2) is 52.4 Å². The molecule has 35 heavy (non-hydrogen) atoms. The molecule has 0 saturated heterocycles. The summed E-state index contributed by atoms with van der Waals surface area (Å²) >= 11 is 5.96. The summed E-state index contributed by atoms with van der Waals surface area (Å²) in [6.45, 7) is 4.19. The van der Waals surface area contributed by atoms with Crippen LogP contribution in [0.3, 0.4) is 0 Å². The number of nitrogens with zero attached hydrogens (tertiary/aromatic N) is 4. The number of aromatic nitrogens is 2. The zero-order valence-electron chi connectivity index (χ0n) is 19.1. The average Bonchev–Trinajstić information content (AvgIpc) is 2.81. The van der Waals surface area contributed by atoms with E-state index in [0.717, 1.165) is 30.9 Å². The number of ether oxygens (including phenoxy) is 1. The highest BCUT2D eigenvalue weighted by atomic mass is 35.5. The van der Waals surface area contributed by atoms with E-state index in [0.29, 0.717) is 17.9 Å². The summed E-state index contributed by atoms with van der Waals surface area (Å²) < 4.78 is 58.6. The van der Waals surface area contributed by atoms with Crippen LogP contribution in [0, 0.1) is 5.82 Å². The van der Waals surface area contributed by atoms with Crippen LogP contribution >= 0.6 is 11.6 Å². The fourth-order valence-electron chi connectivity index (χ4n) is 3.65. The highest BCUT2D eigenvalue weighted by Crippen LogP contribution is 2.37. The Morgan fingerprint density at radius 1 is 1.31 bits per heavy atom. The summed E-state index contributed by atoms with van der Waals surface area (Å²) in [7, 11) is 0. The number of carbonyl (C=O) groups is 1. The van der Waals surface area contributed by atoms with Gasteiger partial charge in [0.15, 0.2) is 11.6 Å². The third kappa shape index (κ3) is 5.96. The maximum absolute atomic E-state index is 13.4. The Bertz CT molecular complexity index is 1140. The topological polar surface area (TPSA) is 93.7 Å². The van der Waals surface area contributed by atoms with Crippen LogP contribution in [-0.2, 0) is 10.9 Å².